The fraction of sp³-hybridized carbons (Fsp3) is 0.615. The summed E-state index contributed by atoms with van der Waals surface area (Å²) in [5, 5.41) is 14.6. The summed E-state index contributed by atoms with van der Waals surface area (Å²) >= 11 is 1.64. The summed E-state index contributed by atoms with van der Waals surface area (Å²) in [4.78, 5) is 13.2. The molecule has 0 spiro atoms. The quantitative estimate of drug-likeness (QED) is 0.871. The Labute approximate surface area is 111 Å². The number of rotatable bonds is 4. The highest BCUT2D eigenvalue weighted by molar-refractivity contribution is 7.09. The minimum absolute atomic E-state index is 0.0432. The largest absolute Gasteiger partial charge is 0.390 e. The maximum Gasteiger partial charge on any atom is 0.223 e. The Hall–Kier alpha value is -0.910. The highest BCUT2D eigenvalue weighted by Gasteiger charge is 2.32. The van der Waals surface area contributed by atoms with Crippen molar-refractivity contribution in [2.75, 3.05) is 7.11 Å². The zero-order chi connectivity index (χ0) is 13.0. The number of aliphatic hydroxyl groups is 1. The van der Waals surface area contributed by atoms with Gasteiger partial charge in [0.05, 0.1) is 18.8 Å². The molecule has 18 heavy (non-hydrogen) atoms. The lowest BCUT2D eigenvalue weighted by molar-refractivity contribution is -0.130. The number of thiophene rings is 1. The highest BCUT2D eigenvalue weighted by Crippen LogP contribution is 2.26. The van der Waals surface area contributed by atoms with Crippen LogP contribution in [0.25, 0.3) is 0 Å². The molecule has 0 aliphatic heterocycles. The topological polar surface area (TPSA) is 58.6 Å². The molecule has 1 aromatic heterocycles. The molecular weight excluding hydrogens is 250 g/mol. The zero-order valence-electron chi connectivity index (χ0n) is 10.5. The second kappa shape index (κ2) is 6.31. The van der Waals surface area contributed by atoms with Crippen molar-refractivity contribution in [1.29, 1.82) is 0 Å². The average molecular weight is 269 g/mol. The first-order valence-corrected chi connectivity index (χ1v) is 7.09. The van der Waals surface area contributed by atoms with Gasteiger partial charge in [-0.15, -0.1) is 11.3 Å². The molecule has 0 radical (unpaired) electrons. The fourth-order valence-electron chi connectivity index (χ4n) is 2.34. The van der Waals surface area contributed by atoms with E-state index in [0.29, 0.717) is 19.4 Å². The normalized spacial score (nSPS) is 28.0. The van der Waals surface area contributed by atoms with Gasteiger partial charge in [-0.3, -0.25) is 4.79 Å². The lowest BCUT2D eigenvalue weighted by Crippen LogP contribution is -2.41. The van der Waals surface area contributed by atoms with Gasteiger partial charge in [0.1, 0.15) is 0 Å². The van der Waals surface area contributed by atoms with E-state index in [1.54, 1.807) is 18.4 Å². The van der Waals surface area contributed by atoms with Crippen molar-refractivity contribution in [3.8, 4) is 0 Å². The minimum Gasteiger partial charge on any atom is -0.390 e. The number of hydrogen-bond acceptors (Lipinski definition) is 4. The van der Waals surface area contributed by atoms with Crippen molar-refractivity contribution in [3.05, 3.63) is 22.4 Å². The van der Waals surface area contributed by atoms with Crippen molar-refractivity contribution in [2.45, 2.75) is 38.0 Å². The third-order valence-electron chi connectivity index (χ3n) is 3.45. The molecule has 100 valence electrons. The van der Waals surface area contributed by atoms with Crippen LogP contribution in [0.15, 0.2) is 17.5 Å². The minimum atomic E-state index is -0.434. The van der Waals surface area contributed by atoms with Gasteiger partial charge >= 0.3 is 0 Å². The van der Waals surface area contributed by atoms with Gasteiger partial charge in [-0.25, -0.2) is 0 Å². The van der Waals surface area contributed by atoms with Crippen molar-refractivity contribution >= 4 is 17.2 Å². The van der Waals surface area contributed by atoms with Gasteiger partial charge in [-0.2, -0.15) is 0 Å². The van der Waals surface area contributed by atoms with E-state index in [1.165, 1.54) is 0 Å². The van der Waals surface area contributed by atoms with Gasteiger partial charge in [0, 0.05) is 17.9 Å². The second-order valence-electron chi connectivity index (χ2n) is 4.65. The van der Waals surface area contributed by atoms with E-state index in [1.807, 2.05) is 17.5 Å². The van der Waals surface area contributed by atoms with Gasteiger partial charge in [-0.1, -0.05) is 6.07 Å². The molecule has 1 heterocycles. The number of methoxy groups -OCH3 is 1. The van der Waals surface area contributed by atoms with Gasteiger partial charge < -0.3 is 15.2 Å². The highest BCUT2D eigenvalue weighted by atomic mass is 32.1. The molecule has 1 aromatic rings. The number of aliphatic hydroxyl groups excluding tert-OH is 1. The lowest BCUT2D eigenvalue weighted by Gasteiger charge is -2.31. The Kier molecular flexibility index (Phi) is 4.74. The maximum absolute atomic E-state index is 12.0. The second-order valence-corrected chi connectivity index (χ2v) is 5.68. The summed E-state index contributed by atoms with van der Waals surface area (Å²) < 4.78 is 5.21. The molecule has 3 atom stereocenters. The first kappa shape index (κ1) is 13.5. The van der Waals surface area contributed by atoms with Crippen LogP contribution in [0.4, 0.5) is 0 Å². The summed E-state index contributed by atoms with van der Waals surface area (Å²) in [5.74, 6) is 0.0238. The first-order valence-electron chi connectivity index (χ1n) is 6.21. The lowest BCUT2D eigenvalue weighted by atomic mass is 9.84. The molecule has 2 N–H and O–H groups in total. The standard InChI is InChI=1S/C13H19NO3S/c1-17-12-7-9(4-5-11(12)15)13(16)14-8-10-3-2-6-18-10/h2-3,6,9,11-12,15H,4-5,7-8H2,1H3,(H,14,16)/t9-,11+,12-/m1/s1. The number of amides is 1. The SMILES string of the molecule is CO[C@@H]1C[C@H](C(=O)NCc2cccs2)CC[C@@H]1O. The van der Waals surface area contributed by atoms with E-state index in [9.17, 15) is 9.90 Å². The molecule has 1 saturated carbocycles. The Morgan fingerprint density at radius 3 is 3.11 bits per heavy atom. The van der Waals surface area contributed by atoms with Gasteiger partial charge in [0.2, 0.25) is 5.91 Å². The number of ether oxygens (including phenoxy) is 1. The number of nitrogens with one attached hydrogen (secondary N) is 1. The molecule has 2 rings (SSSR count). The predicted octanol–water partition coefficient (Wildman–Crippen LogP) is 1.54. The van der Waals surface area contributed by atoms with E-state index in [4.69, 9.17) is 4.74 Å². The molecule has 0 bridgehead atoms. The monoisotopic (exact) mass is 269 g/mol. The van der Waals surface area contributed by atoms with Gasteiger partial charge in [-0.05, 0) is 30.7 Å². The summed E-state index contributed by atoms with van der Waals surface area (Å²) in [6.45, 7) is 0.590. The third-order valence-corrected chi connectivity index (χ3v) is 4.32. The third kappa shape index (κ3) is 3.31. The predicted molar refractivity (Wildman–Crippen MR) is 70.3 cm³/mol. The van der Waals surface area contributed by atoms with E-state index in [0.717, 1.165) is 11.3 Å². The summed E-state index contributed by atoms with van der Waals surface area (Å²) in [7, 11) is 1.58. The smallest absolute Gasteiger partial charge is 0.223 e. The Morgan fingerprint density at radius 1 is 1.61 bits per heavy atom. The Bertz CT molecular complexity index is 380. The maximum atomic E-state index is 12.0. The van der Waals surface area contributed by atoms with Crippen LogP contribution in [0, 0.1) is 5.92 Å². The molecule has 1 fully saturated rings. The van der Waals surface area contributed by atoms with Crippen LogP contribution in [-0.2, 0) is 16.1 Å². The molecule has 0 aromatic carbocycles. The van der Waals surface area contributed by atoms with Crippen molar-refractivity contribution in [3.63, 3.8) is 0 Å². The number of carbonyl (C=O) groups excluding carboxylic acids is 1. The molecular formula is C13H19NO3S. The molecule has 0 saturated heterocycles. The Morgan fingerprint density at radius 2 is 2.44 bits per heavy atom. The van der Waals surface area contributed by atoms with Gasteiger partial charge in [0.15, 0.2) is 0 Å². The number of carbonyl (C=O) groups is 1. The molecule has 1 amide bonds. The summed E-state index contributed by atoms with van der Waals surface area (Å²) in [6.07, 6.45) is 1.33. The summed E-state index contributed by atoms with van der Waals surface area (Å²) in [5.41, 5.74) is 0. The van der Waals surface area contributed by atoms with Gasteiger partial charge in [0.25, 0.3) is 0 Å². The molecule has 1 aliphatic carbocycles. The number of hydrogen-bond donors (Lipinski definition) is 2. The van der Waals surface area contributed by atoms with Crippen LogP contribution in [0.2, 0.25) is 0 Å². The van der Waals surface area contributed by atoms with Crippen molar-refractivity contribution in [2.24, 2.45) is 5.92 Å². The Balaban J connectivity index is 1.82. The van der Waals surface area contributed by atoms with Crippen LogP contribution >= 0.6 is 11.3 Å². The molecule has 0 unspecified atom stereocenters. The molecule has 5 heteroatoms. The zero-order valence-corrected chi connectivity index (χ0v) is 11.3. The van der Waals surface area contributed by atoms with Crippen LogP contribution in [0.3, 0.4) is 0 Å². The van der Waals surface area contributed by atoms with Crippen LogP contribution in [0.5, 0.6) is 0 Å². The van der Waals surface area contributed by atoms with Crippen molar-refractivity contribution < 1.29 is 14.6 Å². The first-order chi connectivity index (χ1) is 8.70. The molecule has 1 aliphatic rings. The van der Waals surface area contributed by atoms with Crippen LogP contribution in [-0.4, -0.2) is 30.3 Å². The van der Waals surface area contributed by atoms with E-state index in [2.05, 4.69) is 5.32 Å². The van der Waals surface area contributed by atoms with E-state index in [-0.39, 0.29) is 17.9 Å². The van der Waals surface area contributed by atoms with Crippen molar-refractivity contribution in [1.82, 2.24) is 5.32 Å². The fourth-order valence-corrected chi connectivity index (χ4v) is 2.98. The average Bonchev–Trinajstić information content (AvgIpc) is 2.89. The van der Waals surface area contributed by atoms with Crippen LogP contribution < -0.4 is 5.32 Å². The van der Waals surface area contributed by atoms with E-state index < -0.39 is 6.10 Å². The summed E-state index contributed by atoms with van der Waals surface area (Å²) in [6, 6.07) is 3.98. The molecule has 4 nitrogen and oxygen atoms in total. The van der Waals surface area contributed by atoms with Crippen LogP contribution in [0.1, 0.15) is 24.1 Å². The van der Waals surface area contributed by atoms with E-state index >= 15 is 0 Å².